The Labute approximate surface area is 105 Å². The Bertz CT molecular complexity index is 560. The van der Waals surface area contributed by atoms with Crippen molar-refractivity contribution in [3.8, 4) is 0 Å². The molecule has 0 bridgehead atoms. The number of ketones is 1. The van der Waals surface area contributed by atoms with Gasteiger partial charge in [0.15, 0.2) is 5.82 Å². The number of halogens is 1. The summed E-state index contributed by atoms with van der Waals surface area (Å²) >= 11 is 6.14. The maximum Gasteiger partial charge on any atom is 0.229 e. The molecular weight excluding hydrogens is 236 g/mol. The highest BCUT2D eigenvalue weighted by Crippen LogP contribution is 2.22. The number of rotatable bonds is 3. The van der Waals surface area contributed by atoms with E-state index in [2.05, 4.69) is 4.98 Å². The molecule has 3 nitrogen and oxygen atoms in total. The summed E-state index contributed by atoms with van der Waals surface area (Å²) in [5, 5.41) is 0.503. The van der Waals surface area contributed by atoms with Crippen molar-refractivity contribution in [1.29, 1.82) is 0 Å². The Morgan fingerprint density at radius 2 is 2.24 bits per heavy atom. The first-order valence-corrected chi connectivity index (χ1v) is 5.84. The molecule has 0 fully saturated rings. The van der Waals surface area contributed by atoms with Gasteiger partial charge in [-0.2, -0.15) is 0 Å². The second-order valence-corrected chi connectivity index (χ2v) is 4.18. The lowest BCUT2D eigenvalue weighted by Gasteiger charge is -2.07. The van der Waals surface area contributed by atoms with E-state index in [1.807, 2.05) is 26.0 Å². The normalized spacial score (nSPS) is 10.5. The van der Waals surface area contributed by atoms with Gasteiger partial charge in [0, 0.05) is 24.5 Å². The predicted molar refractivity (Wildman–Crippen MR) is 67.5 cm³/mol. The van der Waals surface area contributed by atoms with Gasteiger partial charge in [0.1, 0.15) is 0 Å². The van der Waals surface area contributed by atoms with Gasteiger partial charge in [-0.05, 0) is 25.5 Å². The van der Waals surface area contributed by atoms with Crippen LogP contribution in [0.2, 0.25) is 5.02 Å². The molecule has 0 aliphatic heterocycles. The Kier molecular flexibility index (Phi) is 3.29. The molecule has 0 saturated carbocycles. The van der Waals surface area contributed by atoms with E-state index >= 15 is 0 Å². The van der Waals surface area contributed by atoms with Crippen molar-refractivity contribution in [2.24, 2.45) is 0 Å². The summed E-state index contributed by atoms with van der Waals surface area (Å²) < 4.78 is 1.81. The molecule has 1 aromatic carbocycles. The largest absolute Gasteiger partial charge is 0.328 e. The fourth-order valence-corrected chi connectivity index (χ4v) is 1.93. The quantitative estimate of drug-likeness (QED) is 0.783. The summed E-state index contributed by atoms with van der Waals surface area (Å²) in [7, 11) is 0. The molecule has 0 N–H and O–H groups in total. The van der Waals surface area contributed by atoms with Crippen LogP contribution in [0, 0.1) is 6.92 Å². The van der Waals surface area contributed by atoms with Crippen molar-refractivity contribution < 1.29 is 4.79 Å². The van der Waals surface area contributed by atoms with Crippen LogP contribution in [0.1, 0.15) is 28.7 Å². The molecular formula is C13H13ClN2O. The predicted octanol–water partition coefficient (Wildman–Crippen LogP) is 3.10. The Hall–Kier alpha value is -1.61. The van der Waals surface area contributed by atoms with Crippen LogP contribution in [-0.4, -0.2) is 15.3 Å². The number of carbonyl (C=O) groups is 1. The third-order valence-electron chi connectivity index (χ3n) is 2.70. The van der Waals surface area contributed by atoms with E-state index in [1.54, 1.807) is 23.0 Å². The molecule has 2 aromatic rings. The van der Waals surface area contributed by atoms with E-state index in [0.717, 1.165) is 5.56 Å². The van der Waals surface area contributed by atoms with Gasteiger partial charge < -0.3 is 4.57 Å². The number of benzene rings is 1. The van der Waals surface area contributed by atoms with Gasteiger partial charge in [-0.1, -0.05) is 23.7 Å². The number of imidazole rings is 1. The molecule has 4 heteroatoms. The number of aryl methyl sites for hydroxylation is 2. The zero-order valence-electron chi connectivity index (χ0n) is 9.77. The van der Waals surface area contributed by atoms with E-state index < -0.39 is 0 Å². The standard InChI is InChI=1S/C13H13ClN2O/c1-3-16-8-7-15-13(16)12(17)10-6-4-5-9(2)11(10)14/h4-8H,3H2,1-2H3. The van der Waals surface area contributed by atoms with Crippen molar-refractivity contribution in [2.45, 2.75) is 20.4 Å². The lowest BCUT2D eigenvalue weighted by molar-refractivity contribution is 0.102. The minimum absolute atomic E-state index is 0.134. The molecule has 0 aliphatic carbocycles. The molecule has 1 heterocycles. The third-order valence-corrected chi connectivity index (χ3v) is 3.20. The summed E-state index contributed by atoms with van der Waals surface area (Å²) in [6.07, 6.45) is 3.41. The molecule has 17 heavy (non-hydrogen) atoms. The lowest BCUT2D eigenvalue weighted by atomic mass is 10.1. The van der Waals surface area contributed by atoms with Gasteiger partial charge >= 0.3 is 0 Å². The van der Waals surface area contributed by atoms with E-state index in [0.29, 0.717) is 23.0 Å². The highest BCUT2D eigenvalue weighted by molar-refractivity contribution is 6.35. The highest BCUT2D eigenvalue weighted by Gasteiger charge is 2.17. The molecule has 88 valence electrons. The molecule has 0 aliphatic rings. The highest BCUT2D eigenvalue weighted by atomic mass is 35.5. The van der Waals surface area contributed by atoms with Gasteiger partial charge in [0.25, 0.3) is 0 Å². The fraction of sp³-hybridized carbons (Fsp3) is 0.231. The van der Waals surface area contributed by atoms with Crippen LogP contribution in [0.3, 0.4) is 0 Å². The van der Waals surface area contributed by atoms with Crippen molar-refractivity contribution in [3.63, 3.8) is 0 Å². The molecule has 0 spiro atoms. The maximum absolute atomic E-state index is 12.3. The van der Waals surface area contributed by atoms with Crippen LogP contribution in [0.5, 0.6) is 0 Å². The van der Waals surface area contributed by atoms with Crippen LogP contribution < -0.4 is 0 Å². The molecule has 2 rings (SSSR count). The number of hydrogen-bond acceptors (Lipinski definition) is 2. The van der Waals surface area contributed by atoms with E-state index in [4.69, 9.17) is 11.6 Å². The Balaban J connectivity index is 2.48. The topological polar surface area (TPSA) is 34.9 Å². The molecule has 1 aromatic heterocycles. The summed E-state index contributed by atoms with van der Waals surface area (Å²) in [6, 6.07) is 5.44. The average molecular weight is 249 g/mol. The summed E-state index contributed by atoms with van der Waals surface area (Å²) in [4.78, 5) is 16.4. The van der Waals surface area contributed by atoms with Crippen LogP contribution in [-0.2, 0) is 6.54 Å². The van der Waals surface area contributed by atoms with E-state index in [1.165, 1.54) is 0 Å². The maximum atomic E-state index is 12.3. The van der Waals surface area contributed by atoms with Crippen LogP contribution in [0.4, 0.5) is 0 Å². The minimum atomic E-state index is -0.134. The van der Waals surface area contributed by atoms with Crippen LogP contribution >= 0.6 is 11.6 Å². The van der Waals surface area contributed by atoms with Gasteiger partial charge in [-0.3, -0.25) is 4.79 Å². The van der Waals surface area contributed by atoms with Gasteiger partial charge in [0.05, 0.1) is 5.02 Å². The lowest BCUT2D eigenvalue weighted by Crippen LogP contribution is -2.11. The second kappa shape index (κ2) is 4.72. The molecule has 0 unspecified atom stereocenters. The average Bonchev–Trinajstić information content (AvgIpc) is 2.80. The van der Waals surface area contributed by atoms with E-state index in [-0.39, 0.29) is 5.78 Å². The summed E-state index contributed by atoms with van der Waals surface area (Å²) in [5.41, 5.74) is 1.40. The zero-order chi connectivity index (χ0) is 12.4. The first-order chi connectivity index (χ1) is 8.15. The molecule has 0 amide bonds. The smallest absolute Gasteiger partial charge is 0.229 e. The zero-order valence-corrected chi connectivity index (χ0v) is 10.5. The number of nitrogens with zero attached hydrogens (tertiary/aromatic N) is 2. The third kappa shape index (κ3) is 2.11. The second-order valence-electron chi connectivity index (χ2n) is 3.80. The number of carbonyl (C=O) groups excluding carboxylic acids is 1. The summed E-state index contributed by atoms with van der Waals surface area (Å²) in [6.45, 7) is 4.56. The Morgan fingerprint density at radius 3 is 2.94 bits per heavy atom. The summed E-state index contributed by atoms with van der Waals surface area (Å²) in [5.74, 6) is 0.297. The van der Waals surface area contributed by atoms with Gasteiger partial charge in [-0.25, -0.2) is 4.98 Å². The SMILES string of the molecule is CCn1ccnc1C(=O)c1cccc(C)c1Cl. The molecule has 0 radical (unpaired) electrons. The number of aromatic nitrogens is 2. The first-order valence-electron chi connectivity index (χ1n) is 5.46. The monoisotopic (exact) mass is 248 g/mol. The van der Waals surface area contributed by atoms with Crippen molar-refractivity contribution >= 4 is 17.4 Å². The van der Waals surface area contributed by atoms with Crippen LogP contribution in [0.25, 0.3) is 0 Å². The minimum Gasteiger partial charge on any atom is -0.328 e. The van der Waals surface area contributed by atoms with Crippen LogP contribution in [0.15, 0.2) is 30.6 Å². The van der Waals surface area contributed by atoms with E-state index in [9.17, 15) is 4.79 Å². The van der Waals surface area contributed by atoms with Gasteiger partial charge in [-0.15, -0.1) is 0 Å². The van der Waals surface area contributed by atoms with Crippen molar-refractivity contribution in [3.05, 3.63) is 52.6 Å². The van der Waals surface area contributed by atoms with Crippen molar-refractivity contribution in [1.82, 2.24) is 9.55 Å². The molecule has 0 saturated heterocycles. The fourth-order valence-electron chi connectivity index (χ4n) is 1.72. The van der Waals surface area contributed by atoms with Gasteiger partial charge in [0.2, 0.25) is 5.78 Å². The molecule has 0 atom stereocenters. The number of hydrogen-bond donors (Lipinski definition) is 0. The first kappa shape index (κ1) is 11.9. The van der Waals surface area contributed by atoms with Crippen molar-refractivity contribution in [2.75, 3.05) is 0 Å². The Morgan fingerprint density at radius 1 is 1.47 bits per heavy atom.